The molecule has 0 saturated heterocycles. The smallest absolute Gasteiger partial charge is 0.133 e. The molecule has 2 N–H and O–H groups in total. The lowest BCUT2D eigenvalue weighted by atomic mass is 10.2. The van der Waals surface area contributed by atoms with E-state index in [2.05, 4.69) is 15.9 Å². The highest BCUT2D eigenvalue weighted by atomic mass is 79.9. The minimum atomic E-state index is 0.221. The molecular weight excluding hydrogens is 302 g/mol. The van der Waals surface area contributed by atoms with Gasteiger partial charge in [-0.05, 0) is 48.0 Å². The van der Waals surface area contributed by atoms with Crippen LogP contribution in [0.25, 0.3) is 0 Å². The zero-order valence-corrected chi connectivity index (χ0v) is 12.3. The first kappa shape index (κ1) is 14.4. The first-order valence-corrected chi connectivity index (χ1v) is 6.54. The van der Waals surface area contributed by atoms with E-state index in [1.165, 1.54) is 0 Å². The Morgan fingerprint density at radius 1 is 1.41 bits per heavy atom. The lowest BCUT2D eigenvalue weighted by molar-refractivity contribution is 0.0551. The molecule has 94 valence electrons. The molecule has 0 fully saturated rings. The molecule has 17 heavy (non-hydrogen) atoms. The number of rotatable bonds is 6. The number of ether oxygens (including phenoxy) is 2. The maximum absolute atomic E-state index is 5.57. The van der Waals surface area contributed by atoms with E-state index in [1.807, 2.05) is 32.0 Å². The summed E-state index contributed by atoms with van der Waals surface area (Å²) in [6.07, 6.45) is 0.221. The molecule has 1 aromatic carbocycles. The molecule has 0 spiro atoms. The van der Waals surface area contributed by atoms with Gasteiger partial charge in [0.2, 0.25) is 0 Å². The molecule has 0 heterocycles. The summed E-state index contributed by atoms with van der Waals surface area (Å²) in [5.41, 5.74) is 6.35. The van der Waals surface area contributed by atoms with E-state index < -0.39 is 0 Å². The van der Waals surface area contributed by atoms with Crippen molar-refractivity contribution in [3.05, 3.63) is 28.2 Å². The highest BCUT2D eigenvalue weighted by molar-refractivity contribution is 9.10. The highest BCUT2D eigenvalue weighted by Crippen LogP contribution is 2.25. The summed E-state index contributed by atoms with van der Waals surface area (Å²) in [6, 6.07) is 5.53. The quantitative estimate of drug-likeness (QED) is 0.647. The van der Waals surface area contributed by atoms with Crippen LogP contribution in [0.5, 0.6) is 5.75 Å². The van der Waals surface area contributed by atoms with E-state index in [4.69, 9.17) is 27.4 Å². The minimum Gasteiger partial charge on any atom is -0.490 e. The van der Waals surface area contributed by atoms with E-state index in [9.17, 15) is 0 Å². The van der Waals surface area contributed by atoms with Crippen molar-refractivity contribution in [2.75, 3.05) is 13.2 Å². The third-order valence-corrected chi connectivity index (χ3v) is 2.86. The molecular formula is C12H16BrNO2S. The summed E-state index contributed by atoms with van der Waals surface area (Å²) < 4.78 is 11.8. The summed E-state index contributed by atoms with van der Waals surface area (Å²) in [5.74, 6) is 0.761. The van der Waals surface area contributed by atoms with Gasteiger partial charge in [-0.2, -0.15) is 0 Å². The molecule has 1 aromatic rings. The molecule has 0 aliphatic rings. The standard InChI is InChI=1S/C12H16BrNO2S/c1-8(2)15-5-6-16-11-4-3-9(12(14)17)7-10(11)13/h3-4,7-8H,5-6H2,1-2H3,(H2,14,17). The second kappa shape index (κ2) is 6.93. The van der Waals surface area contributed by atoms with E-state index >= 15 is 0 Å². The van der Waals surface area contributed by atoms with Crippen molar-refractivity contribution in [1.82, 2.24) is 0 Å². The van der Waals surface area contributed by atoms with E-state index in [-0.39, 0.29) is 6.10 Å². The summed E-state index contributed by atoms with van der Waals surface area (Å²) in [4.78, 5) is 0.375. The van der Waals surface area contributed by atoms with Crippen LogP contribution in [-0.4, -0.2) is 24.3 Å². The maximum atomic E-state index is 5.57. The van der Waals surface area contributed by atoms with Crippen LogP contribution >= 0.6 is 28.1 Å². The molecule has 0 radical (unpaired) electrons. The Hall–Kier alpha value is -0.650. The third kappa shape index (κ3) is 5.02. The Bertz CT molecular complexity index is 396. The van der Waals surface area contributed by atoms with Crippen LogP contribution < -0.4 is 10.5 Å². The summed E-state index contributed by atoms with van der Waals surface area (Å²) in [7, 11) is 0. The molecule has 0 aliphatic heterocycles. The molecule has 0 amide bonds. The number of nitrogens with two attached hydrogens (primary N) is 1. The van der Waals surface area contributed by atoms with Crippen molar-refractivity contribution in [3.8, 4) is 5.75 Å². The van der Waals surface area contributed by atoms with Crippen molar-refractivity contribution in [2.24, 2.45) is 5.73 Å². The monoisotopic (exact) mass is 317 g/mol. The van der Waals surface area contributed by atoms with E-state index in [0.29, 0.717) is 18.2 Å². The number of benzene rings is 1. The fraction of sp³-hybridized carbons (Fsp3) is 0.417. The lowest BCUT2D eigenvalue weighted by Gasteiger charge is -2.11. The topological polar surface area (TPSA) is 44.5 Å². The van der Waals surface area contributed by atoms with Gasteiger partial charge in [0, 0.05) is 5.56 Å². The number of thiocarbonyl (C=S) groups is 1. The molecule has 0 saturated carbocycles. The Morgan fingerprint density at radius 2 is 2.12 bits per heavy atom. The van der Waals surface area contributed by atoms with Gasteiger partial charge in [-0.15, -0.1) is 0 Å². The first-order valence-electron chi connectivity index (χ1n) is 5.34. The van der Waals surface area contributed by atoms with Crippen LogP contribution in [0.15, 0.2) is 22.7 Å². The normalized spacial score (nSPS) is 10.6. The zero-order chi connectivity index (χ0) is 12.8. The average Bonchev–Trinajstić information content (AvgIpc) is 2.25. The van der Waals surface area contributed by atoms with Gasteiger partial charge in [-0.1, -0.05) is 12.2 Å². The molecule has 5 heteroatoms. The van der Waals surface area contributed by atoms with Crippen molar-refractivity contribution < 1.29 is 9.47 Å². The Morgan fingerprint density at radius 3 is 2.65 bits per heavy atom. The second-order valence-corrected chi connectivity index (χ2v) is 5.07. The van der Waals surface area contributed by atoms with Gasteiger partial charge in [0.25, 0.3) is 0 Å². The lowest BCUT2D eigenvalue weighted by Crippen LogP contribution is -2.12. The van der Waals surface area contributed by atoms with Gasteiger partial charge < -0.3 is 15.2 Å². The fourth-order valence-electron chi connectivity index (χ4n) is 1.21. The molecule has 1 rings (SSSR count). The molecule has 0 unspecified atom stereocenters. The molecule has 3 nitrogen and oxygen atoms in total. The minimum absolute atomic E-state index is 0.221. The van der Waals surface area contributed by atoms with Crippen molar-refractivity contribution >= 4 is 33.1 Å². The predicted molar refractivity (Wildman–Crippen MR) is 76.6 cm³/mol. The fourth-order valence-corrected chi connectivity index (χ4v) is 1.83. The number of halogens is 1. The maximum Gasteiger partial charge on any atom is 0.133 e. The van der Waals surface area contributed by atoms with Gasteiger partial charge in [-0.3, -0.25) is 0 Å². The summed E-state index contributed by atoms with van der Waals surface area (Å²) in [6.45, 7) is 5.07. The van der Waals surface area contributed by atoms with Crippen molar-refractivity contribution in [1.29, 1.82) is 0 Å². The Balaban J connectivity index is 2.52. The van der Waals surface area contributed by atoms with Crippen molar-refractivity contribution in [2.45, 2.75) is 20.0 Å². The van der Waals surface area contributed by atoms with Crippen LogP contribution in [0.1, 0.15) is 19.4 Å². The first-order chi connectivity index (χ1) is 8.00. The molecule has 0 aromatic heterocycles. The van der Waals surface area contributed by atoms with Crippen LogP contribution in [0.3, 0.4) is 0 Å². The summed E-state index contributed by atoms with van der Waals surface area (Å²) in [5, 5.41) is 0. The van der Waals surface area contributed by atoms with Crippen LogP contribution in [0, 0.1) is 0 Å². The molecule has 0 atom stereocenters. The van der Waals surface area contributed by atoms with Gasteiger partial charge in [0.05, 0.1) is 17.2 Å². The molecule has 0 aliphatic carbocycles. The third-order valence-electron chi connectivity index (χ3n) is 2.01. The second-order valence-electron chi connectivity index (χ2n) is 3.78. The van der Waals surface area contributed by atoms with Crippen LogP contribution in [0.4, 0.5) is 0 Å². The number of hydrogen-bond acceptors (Lipinski definition) is 3. The Labute approximate surface area is 115 Å². The van der Waals surface area contributed by atoms with E-state index in [0.717, 1.165) is 15.8 Å². The number of hydrogen-bond donors (Lipinski definition) is 1. The van der Waals surface area contributed by atoms with Crippen molar-refractivity contribution in [3.63, 3.8) is 0 Å². The average molecular weight is 318 g/mol. The van der Waals surface area contributed by atoms with E-state index in [1.54, 1.807) is 0 Å². The highest BCUT2D eigenvalue weighted by Gasteiger charge is 2.04. The van der Waals surface area contributed by atoms with Crippen LogP contribution in [0.2, 0.25) is 0 Å². The summed E-state index contributed by atoms with van der Waals surface area (Å²) >= 11 is 8.31. The van der Waals surface area contributed by atoms with Gasteiger partial charge in [-0.25, -0.2) is 0 Å². The largest absolute Gasteiger partial charge is 0.490 e. The van der Waals surface area contributed by atoms with Gasteiger partial charge in [0.15, 0.2) is 0 Å². The Kier molecular flexibility index (Phi) is 5.88. The van der Waals surface area contributed by atoms with Crippen LogP contribution in [-0.2, 0) is 4.74 Å². The predicted octanol–water partition coefficient (Wildman–Crippen LogP) is 2.89. The SMILES string of the molecule is CC(C)OCCOc1ccc(C(N)=S)cc1Br. The zero-order valence-electron chi connectivity index (χ0n) is 9.90. The van der Waals surface area contributed by atoms with Gasteiger partial charge in [0.1, 0.15) is 17.3 Å². The molecule has 0 bridgehead atoms. The van der Waals surface area contributed by atoms with Gasteiger partial charge >= 0.3 is 0 Å².